The average Bonchev–Trinajstić information content (AvgIpc) is 2.31. The maximum Gasteiger partial charge on any atom is 0.330 e. The van der Waals surface area contributed by atoms with E-state index >= 15 is 0 Å². The Balaban J connectivity index is 0. The summed E-state index contributed by atoms with van der Waals surface area (Å²) in [5.74, 6) is -1.66. The van der Waals surface area contributed by atoms with Crippen molar-refractivity contribution >= 4 is 28.3 Å². The first-order valence-corrected chi connectivity index (χ1v) is 14.6. The second kappa shape index (κ2) is 10.6. The molecule has 0 radical (unpaired) electrons. The van der Waals surface area contributed by atoms with Crippen molar-refractivity contribution in [2.45, 2.75) is 59.6 Å². The van der Waals surface area contributed by atoms with Crippen LogP contribution in [0.4, 0.5) is 0 Å². The van der Waals surface area contributed by atoms with Gasteiger partial charge in [-0.15, -0.1) is 0 Å². The summed E-state index contributed by atoms with van der Waals surface area (Å²) in [6.45, 7) is 16.5. The molecule has 0 bridgehead atoms. The molecule has 0 unspecified atom stereocenters. The molecule has 5 nitrogen and oxygen atoms in total. The number of hydrogen-bond donors (Lipinski definition) is 2. The van der Waals surface area contributed by atoms with Gasteiger partial charge in [-0.25, -0.2) is 9.59 Å². The Kier molecular flexibility index (Phi) is 11.1. The van der Waals surface area contributed by atoms with Crippen molar-refractivity contribution < 1.29 is 24.2 Å². The molecule has 0 fully saturated rings. The third-order valence-corrected chi connectivity index (χ3v) is 4.80. The van der Waals surface area contributed by atoms with Crippen molar-refractivity contribution in [1.82, 2.24) is 0 Å². The van der Waals surface area contributed by atoms with Crippen molar-refractivity contribution in [2.75, 3.05) is 6.61 Å². The van der Waals surface area contributed by atoms with Crippen LogP contribution < -0.4 is 0 Å². The van der Waals surface area contributed by atoms with E-state index in [1.807, 2.05) is 5.70 Å². The Morgan fingerprint density at radius 2 is 1.35 bits per heavy atom. The van der Waals surface area contributed by atoms with Crippen LogP contribution in [0.2, 0.25) is 39.3 Å². The van der Waals surface area contributed by atoms with Crippen molar-refractivity contribution in [2.24, 2.45) is 0 Å². The van der Waals surface area contributed by atoms with Crippen molar-refractivity contribution in [3.8, 4) is 0 Å². The molecular weight excluding hydrogens is 328 g/mol. The largest absolute Gasteiger partial charge is 0.478 e. The third kappa shape index (κ3) is 18.8. The maximum absolute atomic E-state index is 10.4. The van der Waals surface area contributed by atoms with E-state index in [2.05, 4.69) is 39.3 Å². The van der Waals surface area contributed by atoms with Crippen LogP contribution in [0.25, 0.3) is 0 Å². The first-order chi connectivity index (χ1) is 10.2. The van der Waals surface area contributed by atoms with Gasteiger partial charge >= 0.3 is 11.9 Å². The van der Waals surface area contributed by atoms with Crippen LogP contribution in [0.5, 0.6) is 0 Å². The molecule has 0 heterocycles. The average molecular weight is 361 g/mol. The Bertz CT molecular complexity index is 454. The van der Waals surface area contributed by atoms with Crippen molar-refractivity contribution in [3.05, 3.63) is 22.9 Å². The Morgan fingerprint density at radius 3 is 1.61 bits per heavy atom. The van der Waals surface area contributed by atoms with Gasteiger partial charge in [-0.05, 0) is 39.9 Å². The molecule has 0 aromatic carbocycles. The highest BCUT2D eigenvalue weighted by molar-refractivity contribution is 6.81. The fourth-order valence-corrected chi connectivity index (χ4v) is 3.59. The monoisotopic (exact) mass is 360 g/mol. The highest BCUT2D eigenvalue weighted by Gasteiger charge is 2.13. The lowest BCUT2D eigenvalue weighted by Gasteiger charge is -2.15. The molecule has 7 heteroatoms. The number of carboxylic acid groups (broad SMARTS) is 2. The SMILES string of the molecule is C/C(=C\CCO[Si](C)(C)C)C(=O)O.C/C(=C\[Si](C)(C)C)C(=O)O. The summed E-state index contributed by atoms with van der Waals surface area (Å²) in [5.41, 5.74) is 2.74. The van der Waals surface area contributed by atoms with Gasteiger partial charge in [0.05, 0.1) is 8.07 Å². The first-order valence-electron chi connectivity index (χ1n) is 7.62. The summed E-state index contributed by atoms with van der Waals surface area (Å²) in [4.78, 5) is 20.7. The summed E-state index contributed by atoms with van der Waals surface area (Å²) in [5, 5.41) is 17.0. The molecule has 0 atom stereocenters. The molecule has 0 saturated carbocycles. The fraction of sp³-hybridized carbons (Fsp3) is 0.625. The van der Waals surface area contributed by atoms with Crippen LogP contribution >= 0.6 is 0 Å². The lowest BCUT2D eigenvalue weighted by Crippen LogP contribution is -2.25. The molecule has 0 aromatic heterocycles. The lowest BCUT2D eigenvalue weighted by molar-refractivity contribution is -0.133. The van der Waals surface area contributed by atoms with Gasteiger partial charge in [-0.3, -0.25) is 0 Å². The molecule has 0 rings (SSSR count). The molecule has 0 aromatic rings. The number of aliphatic carboxylic acids is 2. The molecule has 0 aliphatic rings. The van der Waals surface area contributed by atoms with Crippen LogP contribution in [0, 0.1) is 0 Å². The van der Waals surface area contributed by atoms with Crippen molar-refractivity contribution in [3.63, 3.8) is 0 Å². The minimum absolute atomic E-state index is 0.388. The fourth-order valence-electron chi connectivity index (χ4n) is 1.44. The number of rotatable bonds is 7. The van der Waals surface area contributed by atoms with Gasteiger partial charge in [-0.2, -0.15) is 0 Å². The molecule has 0 saturated heterocycles. The molecule has 134 valence electrons. The smallest absolute Gasteiger partial charge is 0.330 e. The summed E-state index contributed by atoms with van der Waals surface area (Å²) in [7, 11) is -2.76. The van der Waals surface area contributed by atoms with Crippen molar-refractivity contribution in [1.29, 1.82) is 0 Å². The van der Waals surface area contributed by atoms with Gasteiger partial charge < -0.3 is 14.6 Å². The normalized spacial score (nSPS) is 13.2. The Hall–Kier alpha value is -1.19. The number of carbonyl (C=O) groups is 2. The highest BCUT2D eigenvalue weighted by Crippen LogP contribution is 2.06. The summed E-state index contributed by atoms with van der Waals surface area (Å²) in [6.07, 6.45) is 2.38. The zero-order valence-electron chi connectivity index (χ0n) is 15.7. The highest BCUT2D eigenvalue weighted by atomic mass is 28.4. The lowest BCUT2D eigenvalue weighted by atomic mass is 10.2. The summed E-state index contributed by atoms with van der Waals surface area (Å²) >= 11 is 0. The van der Waals surface area contributed by atoms with Crippen LogP contribution in [-0.4, -0.2) is 45.1 Å². The minimum Gasteiger partial charge on any atom is -0.478 e. The van der Waals surface area contributed by atoms with E-state index in [0.717, 1.165) is 0 Å². The Morgan fingerprint density at radius 1 is 0.913 bits per heavy atom. The van der Waals surface area contributed by atoms with Gasteiger partial charge in [-0.1, -0.05) is 31.4 Å². The molecular formula is C16H32O5Si2. The zero-order chi connectivity index (χ0) is 18.8. The number of hydrogen-bond acceptors (Lipinski definition) is 3. The maximum atomic E-state index is 10.4. The van der Waals surface area contributed by atoms with E-state index < -0.39 is 28.3 Å². The van der Waals surface area contributed by atoms with Gasteiger partial charge in [0.15, 0.2) is 8.32 Å². The second-order valence-corrected chi connectivity index (χ2v) is 17.0. The van der Waals surface area contributed by atoms with Gasteiger partial charge in [0.1, 0.15) is 0 Å². The topological polar surface area (TPSA) is 83.8 Å². The van der Waals surface area contributed by atoms with Crippen LogP contribution in [0.3, 0.4) is 0 Å². The van der Waals surface area contributed by atoms with E-state index in [1.165, 1.54) is 0 Å². The molecule has 0 aliphatic carbocycles. The standard InChI is InChI=1S/C9H18O3Si.C7H14O2Si/c1-8(9(10)11)6-5-7-12-13(2,3)4;1-6(7(8)9)5-10(2,3)4/h6H,5,7H2,1-4H3,(H,10,11);5H,1-4H3,(H,8,9)/b8-6+;6-5+. The predicted octanol–water partition coefficient (Wildman–Crippen LogP) is 4.15. The Labute approximate surface area is 142 Å². The van der Waals surface area contributed by atoms with E-state index in [9.17, 15) is 9.59 Å². The van der Waals surface area contributed by atoms with E-state index in [1.54, 1.807) is 19.9 Å². The summed E-state index contributed by atoms with van der Waals surface area (Å²) < 4.78 is 5.56. The first kappa shape index (κ1) is 24.1. The number of carboxylic acids is 2. The summed E-state index contributed by atoms with van der Waals surface area (Å²) in [6, 6.07) is 0. The molecule has 0 amide bonds. The predicted molar refractivity (Wildman–Crippen MR) is 100 cm³/mol. The van der Waals surface area contributed by atoms with Gasteiger partial charge in [0.25, 0.3) is 0 Å². The molecule has 23 heavy (non-hydrogen) atoms. The minimum atomic E-state index is -1.43. The molecule has 0 aliphatic heterocycles. The van der Waals surface area contributed by atoms with E-state index in [4.69, 9.17) is 14.6 Å². The zero-order valence-corrected chi connectivity index (χ0v) is 17.7. The second-order valence-electron chi connectivity index (χ2n) is 7.44. The van der Waals surface area contributed by atoms with E-state index in [0.29, 0.717) is 24.2 Å². The molecule has 2 N–H and O–H groups in total. The third-order valence-electron chi connectivity index (χ3n) is 2.43. The molecule has 0 spiro atoms. The van der Waals surface area contributed by atoms with Gasteiger partial charge in [0, 0.05) is 17.8 Å². The van der Waals surface area contributed by atoms with Crippen LogP contribution in [-0.2, 0) is 14.0 Å². The van der Waals surface area contributed by atoms with Gasteiger partial charge in [0.2, 0.25) is 0 Å². The van der Waals surface area contributed by atoms with Crippen LogP contribution in [0.1, 0.15) is 20.3 Å². The quantitative estimate of drug-likeness (QED) is 0.405. The van der Waals surface area contributed by atoms with Crippen LogP contribution in [0.15, 0.2) is 22.9 Å². The van der Waals surface area contributed by atoms with E-state index in [-0.39, 0.29) is 0 Å².